The molecule has 3 rings (SSSR count). The molecule has 2 aromatic heterocycles. The van der Waals surface area contributed by atoms with E-state index in [9.17, 15) is 9.90 Å². The predicted octanol–water partition coefficient (Wildman–Crippen LogP) is 2.96. The summed E-state index contributed by atoms with van der Waals surface area (Å²) >= 11 is 1.57. The molecule has 0 bridgehead atoms. The average molecular weight is 303 g/mol. The van der Waals surface area contributed by atoms with E-state index in [1.54, 1.807) is 11.3 Å². The molecule has 2 heterocycles. The van der Waals surface area contributed by atoms with Crippen molar-refractivity contribution >= 4 is 22.4 Å². The molecule has 0 radical (unpaired) electrons. The first-order chi connectivity index (χ1) is 10.1. The lowest BCUT2D eigenvalue weighted by Gasteiger charge is -2.16. The Morgan fingerprint density at radius 2 is 2.33 bits per heavy atom. The van der Waals surface area contributed by atoms with Gasteiger partial charge in [-0.25, -0.2) is 4.98 Å². The van der Waals surface area contributed by atoms with E-state index in [0.717, 1.165) is 39.9 Å². The molecule has 0 aliphatic heterocycles. The normalized spacial score (nSPS) is 17.3. The Kier molecular flexibility index (Phi) is 3.88. The zero-order valence-corrected chi connectivity index (χ0v) is 12.6. The SMILES string of the molecule is Cc1cccc(CNc2nc3c(s2)CCCC3C(=O)O)n1. The van der Waals surface area contributed by atoms with Crippen LogP contribution in [0.1, 0.15) is 40.7 Å². The molecule has 110 valence electrons. The lowest BCUT2D eigenvalue weighted by Crippen LogP contribution is -2.17. The third kappa shape index (κ3) is 3.05. The number of nitrogens with zero attached hydrogens (tertiary/aromatic N) is 2. The van der Waals surface area contributed by atoms with Crippen molar-refractivity contribution in [3.05, 3.63) is 40.2 Å². The molecule has 0 spiro atoms. The Morgan fingerprint density at radius 3 is 3.10 bits per heavy atom. The highest BCUT2D eigenvalue weighted by Crippen LogP contribution is 2.36. The molecule has 1 unspecified atom stereocenters. The van der Waals surface area contributed by atoms with Gasteiger partial charge in [-0.15, -0.1) is 11.3 Å². The van der Waals surface area contributed by atoms with E-state index < -0.39 is 11.9 Å². The van der Waals surface area contributed by atoms with Crippen LogP contribution in [0.4, 0.5) is 5.13 Å². The number of carboxylic acids is 1. The molecule has 0 aromatic carbocycles. The number of anilines is 1. The number of nitrogens with one attached hydrogen (secondary N) is 1. The molecule has 0 saturated heterocycles. The number of hydrogen-bond acceptors (Lipinski definition) is 5. The topological polar surface area (TPSA) is 75.1 Å². The van der Waals surface area contributed by atoms with Crippen LogP contribution in [0.25, 0.3) is 0 Å². The van der Waals surface area contributed by atoms with Crippen LogP contribution < -0.4 is 5.32 Å². The Morgan fingerprint density at radius 1 is 1.48 bits per heavy atom. The zero-order chi connectivity index (χ0) is 14.8. The lowest BCUT2D eigenvalue weighted by atomic mass is 9.91. The number of rotatable bonds is 4. The molecule has 21 heavy (non-hydrogen) atoms. The van der Waals surface area contributed by atoms with Crippen LogP contribution >= 0.6 is 11.3 Å². The van der Waals surface area contributed by atoms with E-state index in [1.807, 2.05) is 25.1 Å². The van der Waals surface area contributed by atoms with E-state index in [0.29, 0.717) is 13.0 Å². The molecular formula is C15H17N3O2S. The molecule has 1 aliphatic carbocycles. The molecule has 2 N–H and O–H groups in total. The third-order valence-electron chi connectivity index (χ3n) is 3.62. The van der Waals surface area contributed by atoms with Crippen molar-refractivity contribution in [2.24, 2.45) is 0 Å². The van der Waals surface area contributed by atoms with Crippen LogP contribution in [-0.4, -0.2) is 21.0 Å². The van der Waals surface area contributed by atoms with Crippen molar-refractivity contribution in [3.8, 4) is 0 Å². The van der Waals surface area contributed by atoms with Gasteiger partial charge in [0.2, 0.25) is 0 Å². The van der Waals surface area contributed by atoms with Gasteiger partial charge in [0.25, 0.3) is 0 Å². The van der Waals surface area contributed by atoms with Crippen LogP contribution in [0.2, 0.25) is 0 Å². The highest BCUT2D eigenvalue weighted by molar-refractivity contribution is 7.15. The minimum absolute atomic E-state index is 0.447. The number of aliphatic carboxylic acids is 1. The van der Waals surface area contributed by atoms with Crippen molar-refractivity contribution in [2.45, 2.75) is 38.6 Å². The second-order valence-corrected chi connectivity index (χ2v) is 6.32. The van der Waals surface area contributed by atoms with Gasteiger partial charge in [-0.1, -0.05) is 6.07 Å². The fourth-order valence-electron chi connectivity index (χ4n) is 2.60. The van der Waals surface area contributed by atoms with Crippen molar-refractivity contribution in [2.75, 3.05) is 5.32 Å². The van der Waals surface area contributed by atoms with Crippen molar-refractivity contribution in [1.29, 1.82) is 0 Å². The minimum Gasteiger partial charge on any atom is -0.481 e. The third-order valence-corrected chi connectivity index (χ3v) is 4.71. The number of aryl methyl sites for hydroxylation is 2. The second kappa shape index (κ2) is 5.81. The average Bonchev–Trinajstić information content (AvgIpc) is 2.87. The van der Waals surface area contributed by atoms with E-state index >= 15 is 0 Å². The van der Waals surface area contributed by atoms with Crippen LogP contribution in [-0.2, 0) is 17.8 Å². The number of pyridine rings is 1. The zero-order valence-electron chi connectivity index (χ0n) is 11.8. The minimum atomic E-state index is -0.770. The first-order valence-electron chi connectivity index (χ1n) is 7.02. The summed E-state index contributed by atoms with van der Waals surface area (Å²) in [5.41, 5.74) is 2.69. The Bertz CT molecular complexity index is 669. The number of aromatic nitrogens is 2. The van der Waals surface area contributed by atoms with Crippen LogP contribution in [0.5, 0.6) is 0 Å². The van der Waals surface area contributed by atoms with Gasteiger partial charge >= 0.3 is 5.97 Å². The largest absolute Gasteiger partial charge is 0.481 e. The first-order valence-corrected chi connectivity index (χ1v) is 7.84. The Balaban J connectivity index is 1.74. The molecule has 0 saturated carbocycles. The van der Waals surface area contributed by atoms with E-state index in [-0.39, 0.29) is 0 Å². The van der Waals surface area contributed by atoms with Crippen LogP contribution in [0.15, 0.2) is 18.2 Å². The van der Waals surface area contributed by atoms with Gasteiger partial charge in [-0.2, -0.15) is 0 Å². The standard InChI is InChI=1S/C15H17N3O2S/c1-9-4-2-5-10(17-9)8-16-15-18-13-11(14(19)20)6-3-7-12(13)21-15/h2,4-5,11H,3,6-8H2,1H3,(H,16,18)(H,19,20). The number of hydrogen-bond donors (Lipinski definition) is 2. The van der Waals surface area contributed by atoms with Gasteiger partial charge in [-0.3, -0.25) is 9.78 Å². The maximum Gasteiger partial charge on any atom is 0.312 e. The summed E-state index contributed by atoms with van der Waals surface area (Å²) in [5, 5.41) is 13.3. The molecule has 6 heteroatoms. The van der Waals surface area contributed by atoms with Crippen LogP contribution in [0.3, 0.4) is 0 Å². The second-order valence-electron chi connectivity index (χ2n) is 5.23. The summed E-state index contributed by atoms with van der Waals surface area (Å²) in [4.78, 5) is 21.3. The molecular weight excluding hydrogens is 286 g/mol. The van der Waals surface area contributed by atoms with Crippen molar-refractivity contribution in [1.82, 2.24) is 9.97 Å². The fourth-order valence-corrected chi connectivity index (χ4v) is 3.66. The van der Waals surface area contributed by atoms with Gasteiger partial charge in [0.1, 0.15) is 5.92 Å². The van der Waals surface area contributed by atoms with Gasteiger partial charge in [-0.05, 0) is 38.3 Å². The maximum absolute atomic E-state index is 11.3. The Labute approximate surface area is 127 Å². The molecule has 1 atom stereocenters. The van der Waals surface area contributed by atoms with Gasteiger partial charge in [0.05, 0.1) is 17.9 Å². The van der Waals surface area contributed by atoms with Crippen LogP contribution in [0, 0.1) is 6.92 Å². The molecule has 1 aliphatic rings. The predicted molar refractivity (Wildman–Crippen MR) is 81.7 cm³/mol. The smallest absolute Gasteiger partial charge is 0.312 e. The van der Waals surface area contributed by atoms with Crippen molar-refractivity contribution < 1.29 is 9.90 Å². The fraction of sp³-hybridized carbons (Fsp3) is 0.400. The molecule has 0 fully saturated rings. The molecule has 5 nitrogen and oxygen atoms in total. The summed E-state index contributed by atoms with van der Waals surface area (Å²) in [6.45, 7) is 2.56. The molecule has 0 amide bonds. The number of fused-ring (bicyclic) bond motifs is 1. The quantitative estimate of drug-likeness (QED) is 0.908. The van der Waals surface area contributed by atoms with E-state index in [1.165, 1.54) is 0 Å². The maximum atomic E-state index is 11.3. The highest BCUT2D eigenvalue weighted by atomic mass is 32.1. The van der Waals surface area contributed by atoms with Gasteiger partial charge < -0.3 is 10.4 Å². The summed E-state index contributed by atoms with van der Waals surface area (Å²) in [6, 6.07) is 5.91. The first kappa shape index (κ1) is 14.0. The van der Waals surface area contributed by atoms with E-state index in [4.69, 9.17) is 0 Å². The number of carbonyl (C=O) groups is 1. The van der Waals surface area contributed by atoms with Gasteiger partial charge in [0.15, 0.2) is 5.13 Å². The summed E-state index contributed by atoms with van der Waals surface area (Å²) in [6.07, 6.45) is 2.54. The van der Waals surface area contributed by atoms with Crippen molar-refractivity contribution in [3.63, 3.8) is 0 Å². The molecule has 2 aromatic rings. The summed E-state index contributed by atoms with van der Waals surface area (Å²) in [5.74, 6) is -1.22. The lowest BCUT2D eigenvalue weighted by molar-refractivity contribution is -0.139. The highest BCUT2D eigenvalue weighted by Gasteiger charge is 2.29. The number of carboxylic acid groups (broad SMARTS) is 1. The summed E-state index contributed by atoms with van der Waals surface area (Å²) < 4.78 is 0. The monoisotopic (exact) mass is 303 g/mol. The van der Waals surface area contributed by atoms with Gasteiger partial charge in [0, 0.05) is 10.6 Å². The van der Waals surface area contributed by atoms with E-state index in [2.05, 4.69) is 15.3 Å². The summed E-state index contributed by atoms with van der Waals surface area (Å²) in [7, 11) is 0. The number of thiazole rings is 1. The Hall–Kier alpha value is -1.95.